The van der Waals surface area contributed by atoms with Crippen molar-refractivity contribution in [3.05, 3.63) is 29.8 Å². The first kappa shape index (κ1) is 16.6. The van der Waals surface area contributed by atoms with Gasteiger partial charge in [-0.05, 0) is 36.5 Å². The Morgan fingerprint density at radius 2 is 1.74 bits per heavy atom. The maximum Gasteiger partial charge on any atom is 0.573 e. The van der Waals surface area contributed by atoms with E-state index in [0.29, 0.717) is 12.0 Å². The predicted molar refractivity (Wildman–Crippen MR) is 82.2 cm³/mol. The van der Waals surface area contributed by atoms with Crippen molar-refractivity contribution in [1.29, 1.82) is 0 Å². The molecule has 1 aromatic rings. The van der Waals surface area contributed by atoms with Gasteiger partial charge in [-0.3, -0.25) is 4.90 Å². The van der Waals surface area contributed by atoms with Gasteiger partial charge in [-0.15, -0.1) is 13.2 Å². The maximum atomic E-state index is 12.2. The molecule has 1 aliphatic carbocycles. The highest BCUT2D eigenvalue weighted by molar-refractivity contribution is 5.27. The van der Waals surface area contributed by atoms with E-state index in [0.717, 1.165) is 31.7 Å². The molecule has 23 heavy (non-hydrogen) atoms. The SMILES string of the molecule is FC(F)(F)Oc1ccc(CN(CC2CNC2)C2CCCC2)cc1. The maximum absolute atomic E-state index is 12.2. The van der Waals surface area contributed by atoms with Gasteiger partial charge in [0, 0.05) is 32.2 Å². The molecule has 1 heterocycles. The van der Waals surface area contributed by atoms with Crippen molar-refractivity contribution in [2.75, 3.05) is 19.6 Å². The van der Waals surface area contributed by atoms with Crippen molar-refractivity contribution in [2.45, 2.75) is 44.6 Å². The van der Waals surface area contributed by atoms with E-state index in [4.69, 9.17) is 0 Å². The standard InChI is InChI=1S/C17H23F3N2O/c18-17(19,20)23-16-7-5-13(6-8-16)11-22(12-14-9-21-10-14)15-3-1-2-4-15/h5-8,14-15,21H,1-4,9-12H2. The number of hydrogen-bond donors (Lipinski definition) is 1. The summed E-state index contributed by atoms with van der Waals surface area (Å²) in [4.78, 5) is 2.51. The minimum absolute atomic E-state index is 0.156. The smallest absolute Gasteiger partial charge is 0.406 e. The largest absolute Gasteiger partial charge is 0.573 e. The van der Waals surface area contributed by atoms with Crippen molar-refractivity contribution in [3.63, 3.8) is 0 Å². The van der Waals surface area contributed by atoms with Crippen molar-refractivity contribution in [2.24, 2.45) is 5.92 Å². The Morgan fingerprint density at radius 3 is 2.26 bits per heavy atom. The van der Waals surface area contributed by atoms with Gasteiger partial charge in [0.25, 0.3) is 0 Å². The molecule has 0 atom stereocenters. The van der Waals surface area contributed by atoms with Crippen LogP contribution in [0.4, 0.5) is 13.2 Å². The van der Waals surface area contributed by atoms with Gasteiger partial charge in [0.15, 0.2) is 0 Å². The van der Waals surface area contributed by atoms with Gasteiger partial charge in [-0.1, -0.05) is 25.0 Å². The molecular weight excluding hydrogens is 305 g/mol. The van der Waals surface area contributed by atoms with E-state index < -0.39 is 6.36 Å². The predicted octanol–water partition coefficient (Wildman–Crippen LogP) is 3.55. The quantitative estimate of drug-likeness (QED) is 0.864. The van der Waals surface area contributed by atoms with E-state index in [-0.39, 0.29) is 5.75 Å². The average Bonchev–Trinajstić information content (AvgIpc) is 2.95. The zero-order valence-corrected chi connectivity index (χ0v) is 13.1. The Kier molecular flexibility index (Phi) is 5.11. The van der Waals surface area contributed by atoms with Crippen molar-refractivity contribution < 1.29 is 17.9 Å². The molecule has 1 aromatic carbocycles. The van der Waals surface area contributed by atoms with Gasteiger partial charge >= 0.3 is 6.36 Å². The molecule has 3 rings (SSSR count). The molecule has 1 saturated heterocycles. The molecule has 0 radical (unpaired) electrons. The number of ether oxygens (including phenoxy) is 1. The van der Waals surface area contributed by atoms with Crippen LogP contribution in [-0.4, -0.2) is 36.9 Å². The van der Waals surface area contributed by atoms with Gasteiger partial charge in [0.05, 0.1) is 0 Å². The lowest BCUT2D eigenvalue weighted by molar-refractivity contribution is -0.274. The summed E-state index contributed by atoms with van der Waals surface area (Å²) >= 11 is 0. The van der Waals surface area contributed by atoms with Crippen LogP contribution < -0.4 is 10.1 Å². The highest BCUT2D eigenvalue weighted by Gasteiger charge is 2.31. The summed E-state index contributed by atoms with van der Waals surface area (Å²) in [7, 11) is 0. The highest BCUT2D eigenvalue weighted by Crippen LogP contribution is 2.27. The molecule has 2 aliphatic rings. The summed E-state index contributed by atoms with van der Waals surface area (Å²) in [5.41, 5.74) is 1.04. The molecule has 3 nitrogen and oxygen atoms in total. The second kappa shape index (κ2) is 7.09. The molecule has 1 N–H and O–H groups in total. The summed E-state index contributed by atoms with van der Waals surface area (Å²) in [6.45, 7) is 4.01. The zero-order chi connectivity index (χ0) is 16.3. The number of rotatable bonds is 6. The molecule has 0 unspecified atom stereocenters. The fraction of sp³-hybridized carbons (Fsp3) is 0.647. The third-order valence-electron chi connectivity index (χ3n) is 4.74. The van der Waals surface area contributed by atoms with Crippen LogP contribution in [-0.2, 0) is 6.54 Å². The third kappa shape index (κ3) is 4.85. The molecule has 1 aliphatic heterocycles. The summed E-state index contributed by atoms with van der Waals surface area (Å²) < 4.78 is 40.6. The molecule has 0 bridgehead atoms. The fourth-order valence-electron chi connectivity index (χ4n) is 3.45. The number of alkyl halides is 3. The fourth-order valence-corrected chi connectivity index (χ4v) is 3.45. The van der Waals surface area contributed by atoms with Crippen LogP contribution in [0.2, 0.25) is 0 Å². The molecular formula is C17H23F3N2O. The van der Waals surface area contributed by atoms with E-state index in [1.165, 1.54) is 37.8 Å². The lowest BCUT2D eigenvalue weighted by Gasteiger charge is -2.36. The summed E-state index contributed by atoms with van der Waals surface area (Å²) in [5.74, 6) is 0.542. The number of nitrogens with zero attached hydrogens (tertiary/aromatic N) is 1. The first-order valence-corrected chi connectivity index (χ1v) is 8.29. The Bertz CT molecular complexity index is 494. The van der Waals surface area contributed by atoms with E-state index >= 15 is 0 Å². The van der Waals surface area contributed by atoms with E-state index in [2.05, 4.69) is 15.0 Å². The summed E-state index contributed by atoms with van der Waals surface area (Å²) in [6, 6.07) is 6.90. The molecule has 128 valence electrons. The highest BCUT2D eigenvalue weighted by atomic mass is 19.4. The van der Waals surface area contributed by atoms with E-state index in [1.807, 2.05) is 0 Å². The summed E-state index contributed by atoms with van der Waals surface area (Å²) in [6.07, 6.45) is 0.393. The van der Waals surface area contributed by atoms with Crippen LogP contribution in [0.1, 0.15) is 31.2 Å². The van der Waals surface area contributed by atoms with Gasteiger partial charge < -0.3 is 10.1 Å². The molecule has 0 aromatic heterocycles. The van der Waals surface area contributed by atoms with E-state index in [9.17, 15) is 13.2 Å². The minimum atomic E-state index is -4.63. The Hall–Kier alpha value is -1.27. The van der Waals surface area contributed by atoms with Crippen LogP contribution in [0.25, 0.3) is 0 Å². The van der Waals surface area contributed by atoms with Crippen LogP contribution in [0, 0.1) is 5.92 Å². The third-order valence-corrected chi connectivity index (χ3v) is 4.74. The number of benzene rings is 1. The van der Waals surface area contributed by atoms with Crippen LogP contribution in [0.5, 0.6) is 5.75 Å². The first-order chi connectivity index (χ1) is 11.0. The number of halogens is 3. The molecule has 0 spiro atoms. The minimum Gasteiger partial charge on any atom is -0.406 e. The number of nitrogens with one attached hydrogen (secondary N) is 1. The molecule has 1 saturated carbocycles. The van der Waals surface area contributed by atoms with Crippen molar-refractivity contribution >= 4 is 0 Å². The van der Waals surface area contributed by atoms with Gasteiger partial charge in [0.2, 0.25) is 0 Å². The number of hydrogen-bond acceptors (Lipinski definition) is 3. The van der Waals surface area contributed by atoms with E-state index in [1.54, 1.807) is 12.1 Å². The topological polar surface area (TPSA) is 24.5 Å². The average molecular weight is 328 g/mol. The second-order valence-electron chi connectivity index (χ2n) is 6.58. The first-order valence-electron chi connectivity index (χ1n) is 8.29. The van der Waals surface area contributed by atoms with Crippen molar-refractivity contribution in [1.82, 2.24) is 10.2 Å². The van der Waals surface area contributed by atoms with Crippen LogP contribution >= 0.6 is 0 Å². The monoisotopic (exact) mass is 328 g/mol. The second-order valence-corrected chi connectivity index (χ2v) is 6.58. The van der Waals surface area contributed by atoms with Gasteiger partial charge in [-0.25, -0.2) is 0 Å². The lowest BCUT2D eigenvalue weighted by atomic mass is 10.0. The Morgan fingerprint density at radius 1 is 1.09 bits per heavy atom. The lowest BCUT2D eigenvalue weighted by Crippen LogP contribution is -2.49. The Labute approximate surface area is 134 Å². The molecule has 2 fully saturated rings. The Balaban J connectivity index is 1.61. The summed E-state index contributed by atoms with van der Waals surface area (Å²) in [5, 5.41) is 3.30. The van der Waals surface area contributed by atoms with Gasteiger partial charge in [0.1, 0.15) is 5.75 Å². The van der Waals surface area contributed by atoms with Crippen LogP contribution in [0.15, 0.2) is 24.3 Å². The van der Waals surface area contributed by atoms with Crippen LogP contribution in [0.3, 0.4) is 0 Å². The normalized spacial score (nSPS) is 20.0. The molecule has 0 amide bonds. The zero-order valence-electron chi connectivity index (χ0n) is 13.1. The van der Waals surface area contributed by atoms with Gasteiger partial charge in [-0.2, -0.15) is 0 Å². The van der Waals surface area contributed by atoms with Crippen molar-refractivity contribution in [3.8, 4) is 5.75 Å². The molecule has 6 heteroatoms.